The van der Waals surface area contributed by atoms with Gasteiger partial charge in [0.25, 0.3) is 0 Å². The van der Waals surface area contributed by atoms with E-state index in [1.165, 1.54) is 6.07 Å². The minimum atomic E-state index is -2.84. The number of amides is 1. The normalized spacial score (nSPS) is 18.6. The number of rotatable bonds is 4. The molecule has 0 aromatic heterocycles. The second-order valence-electron chi connectivity index (χ2n) is 7.15. The number of benzene rings is 1. The second-order valence-corrected chi connectivity index (χ2v) is 7.15. The van der Waals surface area contributed by atoms with E-state index in [0.717, 1.165) is 24.9 Å². The van der Waals surface area contributed by atoms with E-state index < -0.39 is 12.2 Å². The molecule has 1 heterocycles. The van der Waals surface area contributed by atoms with Gasteiger partial charge in [-0.2, -0.15) is 8.78 Å². The number of hydrogen-bond donors (Lipinski definition) is 1. The number of halogens is 2. The first kappa shape index (κ1) is 19.3. The maximum Gasteiger partial charge on any atom is 0.410 e. The maximum atomic E-state index is 12.3. The number of alkyl halides is 2. The molecule has 0 saturated carbocycles. The van der Waals surface area contributed by atoms with Crippen molar-refractivity contribution in [1.82, 2.24) is 4.90 Å². The van der Waals surface area contributed by atoms with Gasteiger partial charge in [0.05, 0.1) is 0 Å². The van der Waals surface area contributed by atoms with E-state index in [1.54, 1.807) is 17.0 Å². The van der Waals surface area contributed by atoms with E-state index >= 15 is 0 Å². The van der Waals surface area contributed by atoms with Gasteiger partial charge in [0.1, 0.15) is 11.4 Å². The van der Waals surface area contributed by atoms with E-state index in [2.05, 4.69) is 10.1 Å². The number of hydrogen-bond acceptors (Lipinski definition) is 4. The quantitative estimate of drug-likeness (QED) is 0.864. The fourth-order valence-electron chi connectivity index (χ4n) is 2.75. The maximum absolute atomic E-state index is 12.3. The molecule has 0 spiro atoms. The summed E-state index contributed by atoms with van der Waals surface area (Å²) < 4.78 is 34.5. The van der Waals surface area contributed by atoms with Crippen LogP contribution in [0.5, 0.6) is 5.75 Å². The number of anilines is 1. The zero-order valence-electron chi connectivity index (χ0n) is 14.9. The molecule has 1 atom stereocenters. The van der Waals surface area contributed by atoms with E-state index in [0.29, 0.717) is 13.1 Å². The molecule has 5 nitrogen and oxygen atoms in total. The van der Waals surface area contributed by atoms with Gasteiger partial charge in [-0.3, -0.25) is 0 Å². The molecule has 1 aliphatic rings. The van der Waals surface area contributed by atoms with Crippen LogP contribution in [0.2, 0.25) is 0 Å². The summed E-state index contributed by atoms with van der Waals surface area (Å²) in [6.45, 7) is 3.96. The molecule has 0 bridgehead atoms. The third kappa shape index (κ3) is 6.76. The van der Waals surface area contributed by atoms with Crippen molar-refractivity contribution in [2.45, 2.75) is 58.3 Å². The van der Waals surface area contributed by atoms with Crippen molar-refractivity contribution in [2.75, 3.05) is 18.4 Å². The van der Waals surface area contributed by atoms with Crippen LogP contribution in [0.3, 0.4) is 0 Å². The number of likely N-dealkylation sites (tertiary alicyclic amines) is 1. The fraction of sp³-hybridized carbons (Fsp3) is 0.611. The van der Waals surface area contributed by atoms with Gasteiger partial charge < -0.3 is 19.7 Å². The molecule has 1 unspecified atom stereocenters. The zero-order valence-corrected chi connectivity index (χ0v) is 14.9. The Hall–Kier alpha value is -2.05. The molecular formula is C18H26F2N2O3. The Kier molecular flexibility index (Phi) is 6.45. The van der Waals surface area contributed by atoms with Gasteiger partial charge in [0, 0.05) is 30.9 Å². The summed E-state index contributed by atoms with van der Waals surface area (Å²) in [7, 11) is 0. The highest BCUT2D eigenvalue weighted by molar-refractivity contribution is 5.68. The van der Waals surface area contributed by atoms with Crippen LogP contribution in [-0.2, 0) is 4.74 Å². The van der Waals surface area contributed by atoms with Crippen molar-refractivity contribution < 1.29 is 23.0 Å². The molecule has 1 aromatic carbocycles. The van der Waals surface area contributed by atoms with Crippen LogP contribution in [0, 0.1) is 0 Å². The molecule has 2 rings (SSSR count). The Bertz CT molecular complexity index is 576. The van der Waals surface area contributed by atoms with Crippen LogP contribution < -0.4 is 10.1 Å². The van der Waals surface area contributed by atoms with Crippen molar-refractivity contribution in [3.8, 4) is 5.75 Å². The third-order valence-electron chi connectivity index (χ3n) is 3.81. The molecule has 1 amide bonds. The molecule has 0 radical (unpaired) electrons. The number of carbonyl (C=O) groups excluding carboxylic acids is 1. The monoisotopic (exact) mass is 356 g/mol. The van der Waals surface area contributed by atoms with Crippen molar-refractivity contribution >= 4 is 11.8 Å². The summed E-state index contributed by atoms with van der Waals surface area (Å²) in [5, 5.41) is 3.34. The lowest BCUT2D eigenvalue weighted by Gasteiger charge is -2.26. The Morgan fingerprint density at radius 2 is 2.04 bits per heavy atom. The SMILES string of the molecule is CC(C)(C)OC(=O)N1CCCC(Nc2cccc(OC(F)F)c2)CC1. The second kappa shape index (κ2) is 8.36. The number of ether oxygens (including phenoxy) is 2. The van der Waals surface area contributed by atoms with E-state index in [-0.39, 0.29) is 17.9 Å². The zero-order chi connectivity index (χ0) is 18.4. The van der Waals surface area contributed by atoms with Gasteiger partial charge in [0.15, 0.2) is 0 Å². The van der Waals surface area contributed by atoms with E-state index in [9.17, 15) is 13.6 Å². The fourth-order valence-corrected chi connectivity index (χ4v) is 2.75. The summed E-state index contributed by atoms with van der Waals surface area (Å²) in [5.41, 5.74) is 0.223. The molecule has 1 N–H and O–H groups in total. The van der Waals surface area contributed by atoms with E-state index in [4.69, 9.17) is 4.74 Å². The van der Waals surface area contributed by atoms with Crippen molar-refractivity contribution in [2.24, 2.45) is 0 Å². The van der Waals surface area contributed by atoms with Crippen LogP contribution in [0.25, 0.3) is 0 Å². The topological polar surface area (TPSA) is 50.8 Å². The highest BCUT2D eigenvalue weighted by Gasteiger charge is 2.25. The van der Waals surface area contributed by atoms with Gasteiger partial charge in [-0.05, 0) is 52.2 Å². The first-order valence-electron chi connectivity index (χ1n) is 8.52. The van der Waals surface area contributed by atoms with Gasteiger partial charge >= 0.3 is 12.7 Å². The van der Waals surface area contributed by atoms with Crippen molar-refractivity contribution in [3.63, 3.8) is 0 Å². The molecule has 25 heavy (non-hydrogen) atoms. The minimum absolute atomic E-state index is 0.129. The number of nitrogens with one attached hydrogen (secondary N) is 1. The summed E-state index contributed by atoms with van der Waals surface area (Å²) in [6.07, 6.45) is 2.21. The van der Waals surface area contributed by atoms with E-state index in [1.807, 2.05) is 26.8 Å². The first-order valence-corrected chi connectivity index (χ1v) is 8.52. The predicted octanol–water partition coefficient (Wildman–Crippen LogP) is 4.49. The highest BCUT2D eigenvalue weighted by Crippen LogP contribution is 2.23. The summed E-state index contributed by atoms with van der Waals surface area (Å²) in [6, 6.07) is 6.70. The van der Waals surface area contributed by atoms with Crippen LogP contribution in [0.4, 0.5) is 19.3 Å². The molecule has 1 aliphatic heterocycles. The van der Waals surface area contributed by atoms with Crippen molar-refractivity contribution in [3.05, 3.63) is 24.3 Å². The van der Waals surface area contributed by atoms with Crippen LogP contribution in [0.1, 0.15) is 40.0 Å². The standard InChI is InChI=1S/C18H26F2N2O3/c1-18(2,3)25-17(23)22-10-5-7-13(9-11-22)21-14-6-4-8-15(12-14)24-16(19)20/h4,6,8,12-13,16,21H,5,7,9-11H2,1-3H3. The van der Waals surface area contributed by atoms with Gasteiger partial charge in [-0.1, -0.05) is 6.07 Å². The van der Waals surface area contributed by atoms with Gasteiger partial charge in [0.2, 0.25) is 0 Å². The molecule has 0 aliphatic carbocycles. The predicted molar refractivity (Wildman–Crippen MR) is 92.1 cm³/mol. The molecule has 1 saturated heterocycles. The average Bonchev–Trinajstić information content (AvgIpc) is 2.71. The lowest BCUT2D eigenvalue weighted by atomic mass is 10.1. The average molecular weight is 356 g/mol. The van der Waals surface area contributed by atoms with Crippen LogP contribution in [0.15, 0.2) is 24.3 Å². The van der Waals surface area contributed by atoms with Crippen LogP contribution >= 0.6 is 0 Å². The smallest absolute Gasteiger partial charge is 0.410 e. The first-order chi connectivity index (χ1) is 11.7. The molecule has 140 valence electrons. The molecule has 1 aromatic rings. The number of nitrogens with zero attached hydrogens (tertiary/aromatic N) is 1. The Morgan fingerprint density at radius 1 is 1.28 bits per heavy atom. The molecule has 1 fully saturated rings. The van der Waals surface area contributed by atoms with Crippen molar-refractivity contribution in [1.29, 1.82) is 0 Å². The minimum Gasteiger partial charge on any atom is -0.444 e. The molecular weight excluding hydrogens is 330 g/mol. The highest BCUT2D eigenvalue weighted by atomic mass is 19.3. The summed E-state index contributed by atoms with van der Waals surface area (Å²) in [5.74, 6) is 0.129. The van der Waals surface area contributed by atoms with Crippen LogP contribution in [-0.4, -0.2) is 42.3 Å². The largest absolute Gasteiger partial charge is 0.444 e. The Labute approximate surface area is 147 Å². The van der Waals surface area contributed by atoms with Gasteiger partial charge in [-0.15, -0.1) is 0 Å². The Morgan fingerprint density at radius 3 is 2.72 bits per heavy atom. The summed E-state index contributed by atoms with van der Waals surface area (Å²) in [4.78, 5) is 13.9. The lowest BCUT2D eigenvalue weighted by molar-refractivity contribution is -0.0498. The Balaban J connectivity index is 1.90. The lowest BCUT2D eigenvalue weighted by Crippen LogP contribution is -2.37. The number of carbonyl (C=O) groups is 1. The third-order valence-corrected chi connectivity index (χ3v) is 3.81. The van der Waals surface area contributed by atoms with Gasteiger partial charge in [-0.25, -0.2) is 4.79 Å². The molecule has 7 heteroatoms. The summed E-state index contributed by atoms with van der Waals surface area (Å²) >= 11 is 0.